The number of methoxy groups -OCH3 is 1. The zero-order valence-electron chi connectivity index (χ0n) is 8.85. The minimum Gasteiger partial charge on any atom is -0.468 e. The summed E-state index contributed by atoms with van der Waals surface area (Å²) >= 11 is 16.7. The van der Waals surface area contributed by atoms with E-state index < -0.39 is 11.7 Å². The largest absolute Gasteiger partial charge is 0.468 e. The summed E-state index contributed by atoms with van der Waals surface area (Å²) in [6, 6.07) is 6.60. The van der Waals surface area contributed by atoms with E-state index in [0.717, 1.165) is 0 Å². The first kappa shape index (κ1) is 14.7. The molecule has 0 amide bonds. The van der Waals surface area contributed by atoms with Crippen LogP contribution in [0.1, 0.15) is 0 Å². The van der Waals surface area contributed by atoms with Gasteiger partial charge in [0.1, 0.15) is 12.3 Å². The maximum absolute atomic E-state index is 10.9. The molecule has 17 heavy (non-hydrogen) atoms. The van der Waals surface area contributed by atoms with Crippen molar-refractivity contribution in [2.45, 2.75) is 0 Å². The molecule has 1 aromatic rings. The van der Waals surface area contributed by atoms with Crippen LogP contribution in [0, 0.1) is 0 Å². The lowest BCUT2D eigenvalue weighted by atomic mass is 10.3. The Kier molecular flexibility index (Phi) is 5.70. The topological polar surface area (TPSA) is 47.6 Å². The molecule has 0 spiro atoms. The van der Waals surface area contributed by atoms with Gasteiger partial charge in [-0.05, 0) is 47.3 Å². The van der Waals surface area contributed by atoms with Crippen molar-refractivity contribution >= 4 is 46.4 Å². The molecule has 0 bridgehead atoms. The van der Waals surface area contributed by atoms with Crippen LogP contribution in [0.15, 0.2) is 24.3 Å². The highest BCUT2D eigenvalue weighted by atomic mass is 35.7. The van der Waals surface area contributed by atoms with Gasteiger partial charge >= 0.3 is 5.97 Å². The fraction of sp³-hybridized carbons (Fsp3) is 0.222. The van der Waals surface area contributed by atoms with Gasteiger partial charge in [-0.1, -0.05) is 11.6 Å². The monoisotopic (exact) mass is 313 g/mol. The average Bonchev–Trinajstić information content (AvgIpc) is 2.29. The molecule has 0 aliphatic heterocycles. The summed E-state index contributed by atoms with van der Waals surface area (Å²) in [6.07, 6.45) is 0. The van der Waals surface area contributed by atoms with Gasteiger partial charge in [0.25, 0.3) is 5.77 Å². The van der Waals surface area contributed by atoms with E-state index in [1.54, 1.807) is 24.3 Å². The molecule has 94 valence electrons. The van der Waals surface area contributed by atoms with E-state index >= 15 is 0 Å². The van der Waals surface area contributed by atoms with Crippen LogP contribution in [-0.4, -0.2) is 19.6 Å². The van der Waals surface area contributed by atoms with Gasteiger partial charge in [0.15, 0.2) is 0 Å². The van der Waals surface area contributed by atoms with Gasteiger partial charge in [-0.3, -0.25) is 4.79 Å². The number of hydrogen-bond acceptors (Lipinski definition) is 4. The van der Waals surface area contributed by atoms with Crippen LogP contribution in [0.25, 0.3) is 0 Å². The van der Waals surface area contributed by atoms with E-state index in [-0.39, 0.29) is 6.54 Å². The number of nitrogens with one attached hydrogen (secondary N) is 1. The SMILES string of the molecule is COC(=O)CNP(=S)(Cl)Oc1ccc(Cl)cc1. The molecule has 1 unspecified atom stereocenters. The van der Waals surface area contributed by atoms with E-state index in [4.69, 9.17) is 39.2 Å². The van der Waals surface area contributed by atoms with Crippen molar-refractivity contribution in [1.29, 1.82) is 0 Å². The molecular formula is C9H10Cl2NO3PS. The van der Waals surface area contributed by atoms with Gasteiger partial charge in [0, 0.05) is 5.02 Å². The van der Waals surface area contributed by atoms with Crippen molar-refractivity contribution < 1.29 is 14.1 Å². The first-order chi connectivity index (χ1) is 7.93. The van der Waals surface area contributed by atoms with E-state index in [9.17, 15) is 4.79 Å². The van der Waals surface area contributed by atoms with Crippen LogP contribution in [0.5, 0.6) is 5.75 Å². The summed E-state index contributed by atoms with van der Waals surface area (Å²) in [5.74, 6) is -2.75. The highest BCUT2D eigenvalue weighted by molar-refractivity contribution is 8.23. The zero-order chi connectivity index (χ0) is 12.9. The summed E-state index contributed by atoms with van der Waals surface area (Å²) in [5.41, 5.74) is 0. The van der Waals surface area contributed by atoms with E-state index in [1.165, 1.54) is 7.11 Å². The molecule has 0 saturated carbocycles. The number of hydrogen-bond donors (Lipinski definition) is 1. The number of ether oxygens (including phenoxy) is 1. The summed E-state index contributed by atoms with van der Waals surface area (Å²) in [6.45, 7) is -0.0924. The van der Waals surface area contributed by atoms with Crippen LogP contribution in [-0.2, 0) is 21.3 Å². The second-order valence-corrected chi connectivity index (χ2v) is 8.40. The molecule has 4 nitrogen and oxygen atoms in total. The second-order valence-electron chi connectivity index (χ2n) is 2.94. The van der Waals surface area contributed by atoms with Crippen molar-refractivity contribution in [2.24, 2.45) is 0 Å². The van der Waals surface area contributed by atoms with Gasteiger partial charge in [-0.2, -0.15) is 0 Å². The minimum atomic E-state index is -2.78. The Labute approximate surface area is 114 Å². The number of rotatable bonds is 5. The lowest BCUT2D eigenvalue weighted by Gasteiger charge is -2.16. The standard InChI is InChI=1S/C9H10Cl2NO3PS/c1-14-9(13)6-12-16(11,17)15-8-4-2-7(10)3-5-8/h2-5H,6H2,1H3,(H,12,17). The third-order valence-corrected chi connectivity index (χ3v) is 4.09. The highest BCUT2D eigenvalue weighted by Gasteiger charge is 2.16. The van der Waals surface area contributed by atoms with Gasteiger partial charge < -0.3 is 9.26 Å². The number of halogens is 2. The van der Waals surface area contributed by atoms with Crippen molar-refractivity contribution in [2.75, 3.05) is 13.7 Å². The maximum atomic E-state index is 10.9. The first-order valence-electron chi connectivity index (χ1n) is 4.50. The van der Waals surface area contributed by atoms with Crippen LogP contribution in [0.4, 0.5) is 0 Å². The number of benzene rings is 1. The van der Waals surface area contributed by atoms with Crippen LogP contribution >= 0.6 is 28.6 Å². The van der Waals surface area contributed by atoms with Crippen LogP contribution in [0.2, 0.25) is 5.02 Å². The van der Waals surface area contributed by atoms with E-state index in [1.807, 2.05) is 0 Å². The smallest absolute Gasteiger partial charge is 0.320 e. The van der Waals surface area contributed by atoms with Crippen molar-refractivity contribution in [3.8, 4) is 5.75 Å². The molecule has 1 N–H and O–H groups in total. The van der Waals surface area contributed by atoms with Crippen LogP contribution in [0.3, 0.4) is 0 Å². The molecule has 0 radical (unpaired) electrons. The van der Waals surface area contributed by atoms with Gasteiger partial charge in [-0.15, -0.1) is 0 Å². The zero-order valence-corrected chi connectivity index (χ0v) is 12.1. The summed E-state index contributed by atoms with van der Waals surface area (Å²) in [5, 5.41) is 3.22. The molecule has 1 aromatic carbocycles. The lowest BCUT2D eigenvalue weighted by Crippen LogP contribution is -2.21. The van der Waals surface area contributed by atoms with Crippen molar-refractivity contribution in [1.82, 2.24) is 5.09 Å². The first-order valence-corrected chi connectivity index (χ1v) is 8.50. The minimum absolute atomic E-state index is 0.0924. The highest BCUT2D eigenvalue weighted by Crippen LogP contribution is 2.48. The fourth-order valence-corrected chi connectivity index (χ4v) is 2.67. The quantitative estimate of drug-likeness (QED) is 0.669. The molecule has 0 aliphatic rings. The number of carbonyl (C=O) groups is 1. The maximum Gasteiger partial charge on any atom is 0.320 e. The molecule has 0 fully saturated rings. The molecule has 8 heteroatoms. The Morgan fingerprint density at radius 2 is 2.06 bits per heavy atom. The Balaban J connectivity index is 2.57. The predicted octanol–water partition coefficient (Wildman–Crippen LogP) is 2.94. The van der Waals surface area contributed by atoms with Crippen molar-refractivity contribution in [3.05, 3.63) is 29.3 Å². The van der Waals surface area contributed by atoms with E-state index in [0.29, 0.717) is 10.8 Å². The predicted molar refractivity (Wildman–Crippen MR) is 72.2 cm³/mol. The lowest BCUT2D eigenvalue weighted by molar-refractivity contribution is -0.139. The summed E-state index contributed by atoms with van der Waals surface area (Å²) < 4.78 is 9.82. The molecular weight excluding hydrogens is 304 g/mol. The summed E-state index contributed by atoms with van der Waals surface area (Å²) in [4.78, 5) is 10.9. The normalized spacial score (nSPS) is 13.8. The molecule has 1 atom stereocenters. The van der Waals surface area contributed by atoms with Crippen molar-refractivity contribution in [3.63, 3.8) is 0 Å². The Morgan fingerprint density at radius 1 is 1.47 bits per heavy atom. The third-order valence-electron chi connectivity index (χ3n) is 1.68. The Hall–Kier alpha value is -0.320. The summed E-state index contributed by atoms with van der Waals surface area (Å²) in [7, 11) is 1.28. The average molecular weight is 314 g/mol. The fourth-order valence-electron chi connectivity index (χ4n) is 0.894. The molecule has 0 aliphatic carbocycles. The van der Waals surface area contributed by atoms with E-state index in [2.05, 4.69) is 9.82 Å². The third kappa shape index (κ3) is 5.70. The Morgan fingerprint density at radius 3 is 2.59 bits per heavy atom. The number of esters is 1. The molecule has 1 rings (SSSR count). The van der Waals surface area contributed by atoms with Gasteiger partial charge in [-0.25, -0.2) is 5.09 Å². The van der Waals surface area contributed by atoms with Crippen LogP contribution < -0.4 is 9.61 Å². The van der Waals surface area contributed by atoms with Gasteiger partial charge in [0.2, 0.25) is 0 Å². The number of carbonyl (C=O) groups excluding carboxylic acids is 1. The van der Waals surface area contributed by atoms with Gasteiger partial charge in [0.05, 0.1) is 7.11 Å². The Bertz CT molecular complexity index is 440. The molecule has 0 heterocycles. The molecule has 0 aromatic heterocycles. The second kappa shape index (κ2) is 6.57. The molecule has 0 saturated heterocycles.